The zero-order chi connectivity index (χ0) is 0. The summed E-state index contributed by atoms with van der Waals surface area (Å²) >= 11 is 0. The van der Waals surface area contributed by atoms with E-state index in [1.165, 1.54) is 0 Å². The molecule has 16 heavy (non-hydrogen) atoms. The Hall–Kier alpha value is 9.09. The predicted molar refractivity (Wildman–Crippen MR) is 147 cm³/mol. The van der Waals surface area contributed by atoms with Crippen LogP contribution in [0.1, 0.15) is 22.8 Å². The number of hydrogen-bond acceptors (Lipinski definition) is 0. The molecule has 0 N–H and O–H groups in total. The van der Waals surface area contributed by atoms with Crippen molar-refractivity contribution < 1.29 is 22.8 Å². The third-order valence-electron chi connectivity index (χ3n) is 0. The molecule has 0 spiro atoms. The quantitative estimate of drug-likeness (QED) is 0.262. The van der Waals surface area contributed by atoms with Gasteiger partial charge in [-0.15, -0.1) is 136 Å². The smallest absolute Gasteiger partial charge is 1.00 e. The maximum atomic E-state index is 0. The molecule has 0 aliphatic heterocycles. The zero-order valence-electron chi connectivity index (χ0n) is 24.9. The molecule has 0 aliphatic carbocycles. The molecule has 96 valence electrons. The molecule has 0 rings (SSSR count). The Bertz CT molecular complexity index is 73.0. The van der Waals surface area contributed by atoms with Crippen LogP contribution in [0.5, 0.6) is 0 Å². The zero-order valence-corrected chi connectivity index (χ0v) is 29.8. The summed E-state index contributed by atoms with van der Waals surface area (Å²) in [7, 11) is 0. The van der Waals surface area contributed by atoms with E-state index in [0.717, 1.165) is 0 Å². The van der Waals surface area contributed by atoms with Gasteiger partial charge in [0.05, 0.1) is 0 Å². The normalized spacial score (nSPS) is 0. The molecule has 0 saturated heterocycles. The Morgan fingerprint density at radius 1 is 0.438 bits per heavy atom. The average Bonchev–Trinajstić information content (AvgIpc) is 0. The van der Waals surface area contributed by atoms with Crippen LogP contribution in [0.2, 0.25) is 0 Å². The summed E-state index contributed by atoms with van der Waals surface area (Å²) in [6, 6.07) is 0. The Labute approximate surface area is 326 Å². The molecule has 0 aromatic carbocycles. The molecule has 0 nitrogen and oxygen atoms in total. The van der Waals surface area contributed by atoms with Crippen LogP contribution >= 0.6 is 136 Å². The van der Waals surface area contributed by atoms with Gasteiger partial charge in [-0.2, -0.15) is 0 Å². The average molecular weight is 804 g/mol. The van der Waals surface area contributed by atoms with Gasteiger partial charge in [-0.05, 0) is 0 Å². The van der Waals surface area contributed by atoms with E-state index >= 15 is 0 Å². The van der Waals surface area contributed by atoms with E-state index in [0.29, 0.717) is 0 Å². The van der Waals surface area contributed by atoms with Gasteiger partial charge in [0, 0.05) is 0 Å². The van der Waals surface area contributed by atoms with Gasteiger partial charge in [0.2, 0.25) is 0 Å². The predicted octanol–water partition coefficient (Wildman–Crippen LogP) is 2.99. The fourth-order valence-corrected chi connectivity index (χ4v) is 0. The van der Waals surface area contributed by atoms with E-state index in [1.54, 1.807) is 0 Å². The maximum absolute atomic E-state index is 0. The van der Waals surface area contributed by atoms with E-state index in [2.05, 4.69) is 0 Å². The summed E-state index contributed by atoms with van der Waals surface area (Å²) in [6.45, 7) is 0. The summed E-state index contributed by atoms with van der Waals surface area (Å²) in [5.41, 5.74) is 0. The van der Waals surface area contributed by atoms with Gasteiger partial charge in [0.1, 0.15) is 0 Å². The van der Waals surface area contributed by atoms with Crippen LogP contribution in [-0.4, -0.2) is 175 Å². The van der Waals surface area contributed by atoms with E-state index in [1.807, 2.05) is 0 Å². The molecular formula is H24Be3Br3Ca2Cl3I2Mg3. The SMILES string of the molecule is Br.Br.Br.Cl.Cl.Cl.I.I.[Be+2].[Be+2].[Be+2].[Ca+2].[Ca+2].[H-].[H-].[H-].[H-].[H-].[H-].[H-].[H-].[H-].[H-].[H-].[H-].[H-].[H-].[H-].[H-].[Mg+2].[Mg+2].[Mg+2]. The molecule has 0 fully saturated rings. The molecule has 0 amide bonds. The van der Waals surface area contributed by atoms with Gasteiger partial charge in [-0.1, -0.05) is 0 Å². The first-order chi connectivity index (χ1) is 0. The fraction of sp³-hybridized carbons (Fsp3) is 0. The van der Waals surface area contributed by atoms with Gasteiger partial charge >= 0.3 is 175 Å². The molecule has 0 aromatic rings. The molecule has 0 radical (unpaired) electrons. The molecule has 0 saturated carbocycles. The Kier molecular flexibility index (Phi) is 1710. The van der Waals surface area contributed by atoms with Crippen LogP contribution in [0.3, 0.4) is 0 Å². The first-order valence-electron chi connectivity index (χ1n) is 0. The summed E-state index contributed by atoms with van der Waals surface area (Å²) in [6.07, 6.45) is 0. The topological polar surface area (TPSA) is 0 Å². The molecule has 0 aliphatic rings. The third-order valence-corrected chi connectivity index (χ3v) is 0. The van der Waals surface area contributed by atoms with Crippen LogP contribution in [-0.2, 0) is 0 Å². The molecule has 16 heteroatoms. The molecule has 0 aromatic heterocycles. The van der Waals surface area contributed by atoms with Crippen molar-refractivity contribution in [2.45, 2.75) is 0 Å². The van der Waals surface area contributed by atoms with Crippen LogP contribution in [0.15, 0.2) is 0 Å². The molecule has 0 bridgehead atoms. The second kappa shape index (κ2) is 155. The van der Waals surface area contributed by atoms with Gasteiger partial charge < -0.3 is 22.8 Å². The van der Waals surface area contributed by atoms with Gasteiger partial charge in [-0.3, -0.25) is 0 Å². The third kappa shape index (κ3) is 136. The summed E-state index contributed by atoms with van der Waals surface area (Å²) in [4.78, 5) is 0. The van der Waals surface area contributed by atoms with Crippen molar-refractivity contribution in [1.82, 2.24) is 0 Å². The molecule has 0 atom stereocenters. The monoisotopic (exact) mass is 799 g/mol. The van der Waals surface area contributed by atoms with Crippen molar-refractivity contribution in [3.05, 3.63) is 0 Å². The standard InChI is InChI=1S/3Be.3BrH.2Ca.3ClH.2HI.3Mg.16H/h;;;3*1H;;;5*1H;;;;;;;;;;;;;;;;;;;/q3*+2;;;;2*+2;;;;;;3*+2;16*-1. The van der Waals surface area contributed by atoms with Crippen molar-refractivity contribution in [2.75, 3.05) is 0 Å². The number of halogens is 8. The summed E-state index contributed by atoms with van der Waals surface area (Å²) in [5, 5.41) is 0. The fourth-order valence-electron chi connectivity index (χ4n) is 0. The molecule has 0 heterocycles. The minimum atomic E-state index is 0. The van der Waals surface area contributed by atoms with Crippen LogP contribution in [0.25, 0.3) is 0 Å². The molecular weight excluding hydrogens is 780 g/mol. The second-order valence-corrected chi connectivity index (χ2v) is 0. The maximum Gasteiger partial charge on any atom is 2.00 e. The summed E-state index contributed by atoms with van der Waals surface area (Å²) < 4.78 is 0. The van der Waals surface area contributed by atoms with Crippen molar-refractivity contribution in [3.8, 4) is 0 Å². The van der Waals surface area contributed by atoms with Crippen LogP contribution in [0, 0.1) is 0 Å². The van der Waals surface area contributed by atoms with E-state index < -0.39 is 0 Å². The van der Waals surface area contributed by atoms with Crippen molar-refractivity contribution >= 4 is 311 Å². The van der Waals surface area contributed by atoms with Gasteiger partial charge in [-0.25, -0.2) is 0 Å². The largest absolute Gasteiger partial charge is 2.00 e. The first-order valence-corrected chi connectivity index (χ1v) is 0. The second-order valence-electron chi connectivity index (χ2n) is 0. The van der Waals surface area contributed by atoms with E-state index in [-0.39, 0.29) is 334 Å². The number of hydrogen-bond donors (Lipinski definition) is 0. The van der Waals surface area contributed by atoms with E-state index in [9.17, 15) is 0 Å². The minimum absolute atomic E-state index is 0. The Morgan fingerprint density at radius 3 is 0.438 bits per heavy atom. The van der Waals surface area contributed by atoms with Crippen molar-refractivity contribution in [3.63, 3.8) is 0 Å². The van der Waals surface area contributed by atoms with Crippen LogP contribution in [0.4, 0.5) is 0 Å². The van der Waals surface area contributed by atoms with Gasteiger partial charge in [0.15, 0.2) is 0 Å². The van der Waals surface area contributed by atoms with Gasteiger partial charge in [0.25, 0.3) is 0 Å². The van der Waals surface area contributed by atoms with Crippen LogP contribution < -0.4 is 0 Å². The summed E-state index contributed by atoms with van der Waals surface area (Å²) in [5.74, 6) is 0. The van der Waals surface area contributed by atoms with E-state index in [4.69, 9.17) is 0 Å². The van der Waals surface area contributed by atoms with Crippen molar-refractivity contribution in [2.24, 2.45) is 0 Å². The minimum Gasteiger partial charge on any atom is -1.00 e. The van der Waals surface area contributed by atoms with Crippen molar-refractivity contribution in [1.29, 1.82) is 0 Å². The number of rotatable bonds is 0. The first kappa shape index (κ1) is 176. The molecule has 0 unspecified atom stereocenters. The Balaban J connectivity index is 0. The Morgan fingerprint density at radius 2 is 0.438 bits per heavy atom.